The van der Waals surface area contributed by atoms with Gasteiger partial charge in [-0.1, -0.05) is 51.4 Å². The molecule has 3 N–H and O–H groups in total. The van der Waals surface area contributed by atoms with Crippen molar-refractivity contribution in [2.45, 2.75) is 59.0 Å². The van der Waals surface area contributed by atoms with Gasteiger partial charge in [-0.05, 0) is 36.0 Å². The van der Waals surface area contributed by atoms with E-state index in [9.17, 15) is 4.79 Å². The summed E-state index contributed by atoms with van der Waals surface area (Å²) >= 11 is 6.01. The number of hydrogen-bond acceptors (Lipinski definition) is 2. The standard InChI is InChI=1S/C17H27ClN2O/c1-5-15(12-7-6-8-13(18)9-12)20-16(21)10-14(19)11-17(2,3)4/h6-9,14-15H,5,10-11,19H2,1-4H3,(H,20,21). The van der Waals surface area contributed by atoms with Gasteiger partial charge in [0.15, 0.2) is 0 Å². The first-order chi connectivity index (χ1) is 9.71. The fraction of sp³-hybridized carbons (Fsp3) is 0.588. The molecule has 0 bridgehead atoms. The fourth-order valence-corrected chi connectivity index (χ4v) is 2.69. The molecule has 0 radical (unpaired) electrons. The maximum Gasteiger partial charge on any atom is 0.222 e. The Bertz CT molecular complexity index is 468. The van der Waals surface area contributed by atoms with Crippen molar-refractivity contribution in [2.24, 2.45) is 11.1 Å². The summed E-state index contributed by atoms with van der Waals surface area (Å²) in [6.07, 6.45) is 2.00. The third kappa shape index (κ3) is 6.96. The number of rotatable bonds is 6. The van der Waals surface area contributed by atoms with Gasteiger partial charge in [-0.2, -0.15) is 0 Å². The number of carbonyl (C=O) groups excluding carboxylic acids is 1. The first-order valence-electron chi connectivity index (χ1n) is 7.51. The zero-order valence-electron chi connectivity index (χ0n) is 13.4. The minimum atomic E-state index is -0.109. The summed E-state index contributed by atoms with van der Waals surface area (Å²) in [6, 6.07) is 7.48. The van der Waals surface area contributed by atoms with Crippen LogP contribution in [0.25, 0.3) is 0 Å². The van der Waals surface area contributed by atoms with E-state index >= 15 is 0 Å². The highest BCUT2D eigenvalue weighted by molar-refractivity contribution is 6.30. The molecule has 2 atom stereocenters. The van der Waals surface area contributed by atoms with Crippen LogP contribution in [0.15, 0.2) is 24.3 Å². The van der Waals surface area contributed by atoms with E-state index < -0.39 is 0 Å². The maximum atomic E-state index is 12.1. The zero-order valence-corrected chi connectivity index (χ0v) is 14.2. The van der Waals surface area contributed by atoms with Gasteiger partial charge in [0.1, 0.15) is 0 Å². The number of amides is 1. The Morgan fingerprint density at radius 3 is 2.57 bits per heavy atom. The molecule has 118 valence electrons. The van der Waals surface area contributed by atoms with Gasteiger partial charge >= 0.3 is 0 Å². The van der Waals surface area contributed by atoms with Crippen LogP contribution in [-0.4, -0.2) is 11.9 Å². The summed E-state index contributed by atoms with van der Waals surface area (Å²) < 4.78 is 0. The summed E-state index contributed by atoms with van der Waals surface area (Å²) in [5, 5.41) is 3.73. The van der Waals surface area contributed by atoms with Crippen molar-refractivity contribution >= 4 is 17.5 Å². The number of halogens is 1. The number of nitrogens with two attached hydrogens (primary N) is 1. The number of carbonyl (C=O) groups is 1. The molecule has 4 heteroatoms. The van der Waals surface area contributed by atoms with Gasteiger partial charge in [-0.3, -0.25) is 4.79 Å². The van der Waals surface area contributed by atoms with Gasteiger partial charge in [-0.15, -0.1) is 0 Å². The third-order valence-electron chi connectivity index (χ3n) is 3.32. The minimum absolute atomic E-state index is 0.00132. The normalized spacial score (nSPS) is 14.6. The lowest BCUT2D eigenvalue weighted by atomic mass is 9.87. The Labute approximate surface area is 133 Å². The van der Waals surface area contributed by atoms with E-state index in [1.807, 2.05) is 31.2 Å². The van der Waals surface area contributed by atoms with Gasteiger partial charge in [-0.25, -0.2) is 0 Å². The lowest BCUT2D eigenvalue weighted by molar-refractivity contribution is -0.122. The monoisotopic (exact) mass is 310 g/mol. The lowest BCUT2D eigenvalue weighted by Crippen LogP contribution is -2.35. The van der Waals surface area contributed by atoms with E-state index in [1.54, 1.807) is 0 Å². The largest absolute Gasteiger partial charge is 0.349 e. The highest BCUT2D eigenvalue weighted by Crippen LogP contribution is 2.22. The molecule has 3 nitrogen and oxygen atoms in total. The van der Waals surface area contributed by atoms with E-state index in [-0.39, 0.29) is 23.4 Å². The van der Waals surface area contributed by atoms with E-state index in [4.69, 9.17) is 17.3 Å². The Morgan fingerprint density at radius 1 is 1.38 bits per heavy atom. The summed E-state index contributed by atoms with van der Waals surface area (Å²) in [4.78, 5) is 12.1. The molecule has 1 aromatic carbocycles. The molecule has 0 saturated heterocycles. The maximum absolute atomic E-state index is 12.1. The Morgan fingerprint density at radius 2 is 2.05 bits per heavy atom. The van der Waals surface area contributed by atoms with E-state index in [2.05, 4.69) is 26.1 Å². The van der Waals surface area contributed by atoms with E-state index in [1.165, 1.54) is 0 Å². The number of hydrogen-bond donors (Lipinski definition) is 2. The van der Waals surface area contributed by atoms with Gasteiger partial charge < -0.3 is 11.1 Å². The molecule has 0 spiro atoms. The first kappa shape index (κ1) is 18.0. The fourth-order valence-electron chi connectivity index (χ4n) is 2.49. The van der Waals surface area contributed by atoms with Crippen molar-refractivity contribution in [1.29, 1.82) is 0 Å². The molecule has 0 aliphatic heterocycles. The van der Waals surface area contributed by atoms with Crippen LogP contribution < -0.4 is 11.1 Å². The number of benzene rings is 1. The molecule has 1 rings (SSSR count). The highest BCUT2D eigenvalue weighted by atomic mass is 35.5. The van der Waals surface area contributed by atoms with Gasteiger partial charge in [0.2, 0.25) is 5.91 Å². The molecule has 21 heavy (non-hydrogen) atoms. The molecular weight excluding hydrogens is 284 g/mol. The smallest absolute Gasteiger partial charge is 0.222 e. The first-order valence-corrected chi connectivity index (χ1v) is 7.89. The Kier molecular flexibility index (Phi) is 6.69. The average Bonchev–Trinajstić information content (AvgIpc) is 2.33. The van der Waals surface area contributed by atoms with Gasteiger partial charge in [0.25, 0.3) is 0 Å². The third-order valence-corrected chi connectivity index (χ3v) is 3.55. The van der Waals surface area contributed by atoms with Crippen LogP contribution in [0, 0.1) is 5.41 Å². The predicted octanol–water partition coefficient (Wildman–Crippen LogP) is 4.06. The summed E-state index contributed by atoms with van der Waals surface area (Å²) in [5.74, 6) is -0.00132. The number of nitrogens with one attached hydrogen (secondary N) is 1. The SMILES string of the molecule is CCC(NC(=O)CC(N)CC(C)(C)C)c1cccc(Cl)c1. The molecular formula is C17H27ClN2O. The molecule has 0 saturated carbocycles. The molecule has 0 aliphatic carbocycles. The quantitative estimate of drug-likeness (QED) is 0.832. The second-order valence-corrected chi connectivity index (χ2v) is 7.25. The van der Waals surface area contributed by atoms with Crippen molar-refractivity contribution in [3.05, 3.63) is 34.9 Å². The van der Waals surface area contributed by atoms with Crippen molar-refractivity contribution in [1.82, 2.24) is 5.32 Å². The minimum Gasteiger partial charge on any atom is -0.349 e. The summed E-state index contributed by atoms with van der Waals surface area (Å²) in [7, 11) is 0. The van der Waals surface area contributed by atoms with Crippen molar-refractivity contribution in [3.8, 4) is 0 Å². The van der Waals surface area contributed by atoms with Crippen LogP contribution >= 0.6 is 11.6 Å². The molecule has 0 aromatic heterocycles. The van der Waals surface area contributed by atoms with E-state index in [0.717, 1.165) is 18.4 Å². The lowest BCUT2D eigenvalue weighted by Gasteiger charge is -2.24. The van der Waals surface area contributed by atoms with Crippen molar-refractivity contribution < 1.29 is 4.79 Å². The highest BCUT2D eigenvalue weighted by Gasteiger charge is 2.20. The topological polar surface area (TPSA) is 55.1 Å². The summed E-state index contributed by atoms with van der Waals surface area (Å²) in [6.45, 7) is 8.43. The van der Waals surface area contributed by atoms with Gasteiger partial charge in [0, 0.05) is 17.5 Å². The zero-order chi connectivity index (χ0) is 16.0. The van der Waals surface area contributed by atoms with Crippen molar-refractivity contribution in [2.75, 3.05) is 0 Å². The van der Waals surface area contributed by atoms with Crippen LogP contribution in [-0.2, 0) is 4.79 Å². The molecule has 1 amide bonds. The summed E-state index contributed by atoms with van der Waals surface area (Å²) in [5.41, 5.74) is 7.22. The van der Waals surface area contributed by atoms with Crippen LogP contribution in [0.5, 0.6) is 0 Å². The van der Waals surface area contributed by atoms with Crippen LogP contribution in [0.1, 0.15) is 58.6 Å². The molecule has 2 unspecified atom stereocenters. The molecule has 1 aromatic rings. The second-order valence-electron chi connectivity index (χ2n) is 6.81. The van der Waals surface area contributed by atoms with Gasteiger partial charge in [0.05, 0.1) is 6.04 Å². The predicted molar refractivity (Wildman–Crippen MR) is 89.3 cm³/mol. The van der Waals surface area contributed by atoms with Crippen molar-refractivity contribution in [3.63, 3.8) is 0 Å². The average molecular weight is 311 g/mol. The van der Waals surface area contributed by atoms with Crippen LogP contribution in [0.2, 0.25) is 5.02 Å². The molecule has 0 heterocycles. The Hall–Kier alpha value is -1.06. The Balaban J connectivity index is 2.59. The van der Waals surface area contributed by atoms with Crippen LogP contribution in [0.3, 0.4) is 0 Å². The van der Waals surface area contributed by atoms with Crippen LogP contribution in [0.4, 0.5) is 0 Å². The molecule has 0 aliphatic rings. The second kappa shape index (κ2) is 7.81. The van der Waals surface area contributed by atoms with E-state index in [0.29, 0.717) is 11.4 Å². The molecule has 0 fully saturated rings.